The van der Waals surface area contributed by atoms with E-state index in [1.807, 2.05) is 40.8 Å². The number of rotatable bonds is 7. The van der Waals surface area contributed by atoms with E-state index in [1.54, 1.807) is 30.3 Å². The molecule has 0 saturated heterocycles. The van der Waals surface area contributed by atoms with Crippen LogP contribution in [-0.2, 0) is 13.1 Å². The van der Waals surface area contributed by atoms with Crippen molar-refractivity contribution in [2.45, 2.75) is 26.4 Å². The summed E-state index contributed by atoms with van der Waals surface area (Å²) in [6.07, 6.45) is 2.81. The standard InChI is InChI=1S/C22H22ClFN2O/c1-2-11-26(22(27)18-7-4-8-19(23)14-18)16-21-10-5-12-25(21)15-17-6-3-9-20(24)13-17/h3-10,12-14H,2,11,15-16H2,1H3. The van der Waals surface area contributed by atoms with E-state index in [0.717, 1.165) is 17.7 Å². The Hall–Kier alpha value is -2.59. The van der Waals surface area contributed by atoms with Gasteiger partial charge in [-0.05, 0) is 54.4 Å². The van der Waals surface area contributed by atoms with Gasteiger partial charge in [0.25, 0.3) is 5.91 Å². The van der Waals surface area contributed by atoms with Crippen molar-refractivity contribution >= 4 is 17.5 Å². The fourth-order valence-electron chi connectivity index (χ4n) is 3.10. The monoisotopic (exact) mass is 384 g/mol. The quantitative estimate of drug-likeness (QED) is 0.536. The average Bonchev–Trinajstić information content (AvgIpc) is 3.07. The number of hydrogen-bond acceptors (Lipinski definition) is 1. The SMILES string of the molecule is CCCN(Cc1cccn1Cc1cccc(F)c1)C(=O)c1cccc(Cl)c1. The molecule has 27 heavy (non-hydrogen) atoms. The summed E-state index contributed by atoms with van der Waals surface area (Å²) >= 11 is 6.04. The van der Waals surface area contributed by atoms with Gasteiger partial charge in [-0.15, -0.1) is 0 Å². The van der Waals surface area contributed by atoms with E-state index in [-0.39, 0.29) is 11.7 Å². The van der Waals surface area contributed by atoms with E-state index >= 15 is 0 Å². The van der Waals surface area contributed by atoms with Gasteiger partial charge in [0.15, 0.2) is 0 Å². The minimum atomic E-state index is -0.245. The van der Waals surface area contributed by atoms with Gasteiger partial charge in [-0.25, -0.2) is 4.39 Å². The molecule has 3 rings (SSSR count). The highest BCUT2D eigenvalue weighted by Gasteiger charge is 2.17. The average molecular weight is 385 g/mol. The van der Waals surface area contributed by atoms with Gasteiger partial charge in [0.2, 0.25) is 0 Å². The molecular formula is C22H22ClFN2O. The van der Waals surface area contributed by atoms with Crippen molar-refractivity contribution in [2.75, 3.05) is 6.54 Å². The molecule has 0 atom stereocenters. The number of carbonyl (C=O) groups excluding carboxylic acids is 1. The zero-order chi connectivity index (χ0) is 19.2. The second-order valence-corrected chi connectivity index (χ2v) is 6.93. The van der Waals surface area contributed by atoms with Crippen LogP contribution in [0.4, 0.5) is 4.39 Å². The lowest BCUT2D eigenvalue weighted by Gasteiger charge is -2.23. The Morgan fingerprint density at radius 3 is 2.67 bits per heavy atom. The summed E-state index contributed by atoms with van der Waals surface area (Å²) in [7, 11) is 0. The van der Waals surface area contributed by atoms with Gasteiger partial charge in [-0.3, -0.25) is 4.79 Å². The van der Waals surface area contributed by atoms with Gasteiger partial charge >= 0.3 is 0 Å². The summed E-state index contributed by atoms with van der Waals surface area (Å²) in [6.45, 7) is 3.74. The van der Waals surface area contributed by atoms with Crippen molar-refractivity contribution in [3.8, 4) is 0 Å². The molecule has 1 aromatic heterocycles. The van der Waals surface area contributed by atoms with Crippen LogP contribution in [0.1, 0.15) is 35.0 Å². The van der Waals surface area contributed by atoms with Crippen molar-refractivity contribution in [2.24, 2.45) is 0 Å². The van der Waals surface area contributed by atoms with E-state index in [9.17, 15) is 9.18 Å². The van der Waals surface area contributed by atoms with E-state index < -0.39 is 0 Å². The second-order valence-electron chi connectivity index (χ2n) is 6.49. The summed E-state index contributed by atoms with van der Waals surface area (Å²) in [6, 6.07) is 17.5. The number of amides is 1. The normalized spacial score (nSPS) is 10.8. The van der Waals surface area contributed by atoms with Crippen LogP contribution in [-0.4, -0.2) is 21.9 Å². The molecule has 0 aliphatic heterocycles. The molecule has 140 valence electrons. The molecule has 0 N–H and O–H groups in total. The first kappa shape index (κ1) is 19.2. The molecule has 3 aromatic rings. The first-order valence-electron chi connectivity index (χ1n) is 9.00. The number of nitrogens with zero attached hydrogens (tertiary/aromatic N) is 2. The molecule has 0 radical (unpaired) electrons. The summed E-state index contributed by atoms with van der Waals surface area (Å²) in [5, 5.41) is 0.548. The smallest absolute Gasteiger partial charge is 0.254 e. The summed E-state index contributed by atoms with van der Waals surface area (Å²) < 4.78 is 15.5. The molecule has 5 heteroatoms. The van der Waals surface area contributed by atoms with Crippen LogP contribution < -0.4 is 0 Å². The Kier molecular flexibility index (Phi) is 6.30. The van der Waals surface area contributed by atoms with E-state index in [0.29, 0.717) is 30.2 Å². The molecule has 0 unspecified atom stereocenters. The highest BCUT2D eigenvalue weighted by molar-refractivity contribution is 6.30. The van der Waals surface area contributed by atoms with Crippen LogP contribution in [0.5, 0.6) is 0 Å². The predicted octanol–water partition coefficient (Wildman–Crippen LogP) is 5.38. The minimum absolute atomic E-state index is 0.0437. The van der Waals surface area contributed by atoms with Crippen molar-refractivity contribution in [3.63, 3.8) is 0 Å². The van der Waals surface area contributed by atoms with Gasteiger partial charge < -0.3 is 9.47 Å². The molecule has 0 fully saturated rings. The number of aromatic nitrogens is 1. The highest BCUT2D eigenvalue weighted by Crippen LogP contribution is 2.16. The van der Waals surface area contributed by atoms with E-state index in [4.69, 9.17) is 11.6 Å². The zero-order valence-electron chi connectivity index (χ0n) is 15.2. The molecule has 0 aliphatic carbocycles. The van der Waals surface area contributed by atoms with Crippen molar-refractivity contribution in [3.05, 3.63) is 94.5 Å². The van der Waals surface area contributed by atoms with Crippen molar-refractivity contribution in [1.82, 2.24) is 9.47 Å². The maximum absolute atomic E-state index is 13.5. The van der Waals surface area contributed by atoms with Gasteiger partial charge in [0, 0.05) is 35.6 Å². The van der Waals surface area contributed by atoms with E-state index in [1.165, 1.54) is 12.1 Å². The largest absolute Gasteiger partial charge is 0.345 e. The molecule has 1 amide bonds. The Bertz CT molecular complexity index is 922. The van der Waals surface area contributed by atoms with Crippen molar-refractivity contribution < 1.29 is 9.18 Å². The molecule has 2 aromatic carbocycles. The topological polar surface area (TPSA) is 25.2 Å². The highest BCUT2D eigenvalue weighted by atomic mass is 35.5. The first-order chi connectivity index (χ1) is 13.1. The third-order valence-electron chi connectivity index (χ3n) is 4.37. The Morgan fingerprint density at radius 1 is 1.11 bits per heavy atom. The zero-order valence-corrected chi connectivity index (χ0v) is 16.0. The summed E-state index contributed by atoms with van der Waals surface area (Å²) in [5.41, 5.74) is 2.47. The van der Waals surface area contributed by atoms with E-state index in [2.05, 4.69) is 0 Å². The molecule has 0 bridgehead atoms. The fraction of sp³-hybridized carbons (Fsp3) is 0.227. The number of benzene rings is 2. The number of carbonyl (C=O) groups is 1. The van der Waals surface area contributed by atoms with Gasteiger partial charge in [-0.1, -0.05) is 36.7 Å². The Morgan fingerprint density at radius 2 is 1.93 bits per heavy atom. The van der Waals surface area contributed by atoms with Crippen LogP contribution >= 0.6 is 11.6 Å². The van der Waals surface area contributed by atoms with Crippen LogP contribution in [0.2, 0.25) is 5.02 Å². The van der Waals surface area contributed by atoms with Crippen LogP contribution in [0.25, 0.3) is 0 Å². The van der Waals surface area contributed by atoms with Gasteiger partial charge in [-0.2, -0.15) is 0 Å². The van der Waals surface area contributed by atoms with Crippen LogP contribution in [0.15, 0.2) is 66.9 Å². The van der Waals surface area contributed by atoms with Crippen LogP contribution in [0, 0.1) is 5.82 Å². The summed E-state index contributed by atoms with van der Waals surface area (Å²) in [4.78, 5) is 14.8. The summed E-state index contributed by atoms with van der Waals surface area (Å²) in [5.74, 6) is -0.289. The molecular weight excluding hydrogens is 363 g/mol. The lowest BCUT2D eigenvalue weighted by atomic mass is 10.2. The third-order valence-corrected chi connectivity index (χ3v) is 4.61. The predicted molar refractivity (Wildman–Crippen MR) is 106 cm³/mol. The lowest BCUT2D eigenvalue weighted by Crippen LogP contribution is -2.32. The van der Waals surface area contributed by atoms with Gasteiger partial charge in [0.1, 0.15) is 5.82 Å². The lowest BCUT2D eigenvalue weighted by molar-refractivity contribution is 0.0739. The molecule has 0 saturated carbocycles. The fourth-order valence-corrected chi connectivity index (χ4v) is 3.29. The Labute approximate surface area is 164 Å². The third kappa shape index (κ3) is 4.98. The molecule has 3 nitrogen and oxygen atoms in total. The molecule has 0 aliphatic rings. The van der Waals surface area contributed by atoms with Gasteiger partial charge in [0.05, 0.1) is 6.54 Å². The number of hydrogen-bond donors (Lipinski definition) is 0. The maximum Gasteiger partial charge on any atom is 0.254 e. The molecule has 1 heterocycles. The van der Waals surface area contributed by atoms with Crippen molar-refractivity contribution in [1.29, 1.82) is 0 Å². The van der Waals surface area contributed by atoms with Crippen LogP contribution in [0.3, 0.4) is 0 Å². The first-order valence-corrected chi connectivity index (χ1v) is 9.38. The maximum atomic E-state index is 13.5. The number of halogens is 2. The second kappa shape index (κ2) is 8.87. The minimum Gasteiger partial charge on any atom is -0.345 e. The Balaban J connectivity index is 1.79. The molecule has 0 spiro atoms.